The van der Waals surface area contributed by atoms with Crippen LogP contribution in [0.25, 0.3) is 0 Å². The van der Waals surface area contributed by atoms with Crippen molar-refractivity contribution >= 4 is 22.9 Å². The highest BCUT2D eigenvalue weighted by molar-refractivity contribution is 7.09. The molecule has 0 N–H and O–H groups in total. The van der Waals surface area contributed by atoms with Gasteiger partial charge in [-0.15, -0.1) is 11.3 Å². The SMILES string of the molecule is CCOc1ccc2c(c1)[C@H](C)CC(C)(C)N2C(=O)c1csc(COC)n1. The van der Waals surface area contributed by atoms with E-state index in [0.717, 1.165) is 28.4 Å². The van der Waals surface area contributed by atoms with Crippen LogP contribution in [0.15, 0.2) is 23.6 Å². The number of benzene rings is 1. The van der Waals surface area contributed by atoms with Crippen LogP contribution >= 0.6 is 11.3 Å². The molecule has 2 heterocycles. The van der Waals surface area contributed by atoms with Gasteiger partial charge in [0, 0.05) is 23.7 Å². The number of hydrogen-bond acceptors (Lipinski definition) is 5. The van der Waals surface area contributed by atoms with E-state index < -0.39 is 0 Å². The van der Waals surface area contributed by atoms with E-state index in [1.807, 2.05) is 29.3 Å². The summed E-state index contributed by atoms with van der Waals surface area (Å²) in [5.74, 6) is 1.14. The van der Waals surface area contributed by atoms with Crippen molar-refractivity contribution in [1.82, 2.24) is 4.98 Å². The van der Waals surface area contributed by atoms with Crippen LogP contribution in [0.3, 0.4) is 0 Å². The average Bonchev–Trinajstić information content (AvgIpc) is 3.04. The van der Waals surface area contributed by atoms with E-state index in [-0.39, 0.29) is 11.4 Å². The molecule has 26 heavy (non-hydrogen) atoms. The molecule has 0 unspecified atom stereocenters. The van der Waals surface area contributed by atoms with Gasteiger partial charge < -0.3 is 14.4 Å². The summed E-state index contributed by atoms with van der Waals surface area (Å²) < 4.78 is 10.8. The molecular weight excluding hydrogens is 348 g/mol. The summed E-state index contributed by atoms with van der Waals surface area (Å²) in [6, 6.07) is 6.00. The Labute approximate surface area is 159 Å². The molecule has 1 aromatic heterocycles. The van der Waals surface area contributed by atoms with Crippen LogP contribution in [-0.2, 0) is 11.3 Å². The second-order valence-corrected chi connectivity index (χ2v) is 8.21. The van der Waals surface area contributed by atoms with E-state index in [1.54, 1.807) is 7.11 Å². The van der Waals surface area contributed by atoms with Crippen LogP contribution < -0.4 is 9.64 Å². The number of nitrogens with zero attached hydrogens (tertiary/aromatic N) is 2. The lowest BCUT2D eigenvalue weighted by molar-refractivity contribution is 0.0949. The maximum atomic E-state index is 13.3. The summed E-state index contributed by atoms with van der Waals surface area (Å²) in [5.41, 5.74) is 2.28. The highest BCUT2D eigenvalue weighted by Crippen LogP contribution is 2.45. The van der Waals surface area contributed by atoms with Crippen molar-refractivity contribution in [3.05, 3.63) is 39.8 Å². The standard InChI is InChI=1S/C20H26N2O3S/c1-6-25-14-7-8-17-15(9-14)13(2)10-20(3,4)22(17)19(23)16-12-26-18(21-16)11-24-5/h7-9,12-13H,6,10-11H2,1-5H3/t13-/m1/s1. The van der Waals surface area contributed by atoms with E-state index >= 15 is 0 Å². The van der Waals surface area contributed by atoms with Crippen molar-refractivity contribution in [1.29, 1.82) is 0 Å². The molecule has 1 atom stereocenters. The van der Waals surface area contributed by atoms with Crippen LogP contribution in [0.2, 0.25) is 0 Å². The number of carbonyl (C=O) groups excluding carboxylic acids is 1. The lowest BCUT2D eigenvalue weighted by Gasteiger charge is -2.45. The quantitative estimate of drug-likeness (QED) is 0.766. The predicted octanol–water partition coefficient (Wildman–Crippen LogP) is 4.62. The van der Waals surface area contributed by atoms with Gasteiger partial charge in [0.2, 0.25) is 0 Å². The fourth-order valence-corrected chi connectivity index (χ4v) is 4.50. The molecule has 0 spiro atoms. The molecule has 0 fully saturated rings. The second kappa shape index (κ2) is 7.37. The normalized spacial score (nSPS) is 18.5. The van der Waals surface area contributed by atoms with E-state index in [4.69, 9.17) is 9.47 Å². The van der Waals surface area contributed by atoms with Crippen LogP contribution in [0.5, 0.6) is 5.75 Å². The molecule has 1 aliphatic rings. The van der Waals surface area contributed by atoms with Crippen molar-refractivity contribution in [2.24, 2.45) is 0 Å². The largest absolute Gasteiger partial charge is 0.494 e. The molecule has 1 aliphatic heterocycles. The third-order valence-corrected chi connectivity index (χ3v) is 5.56. The van der Waals surface area contributed by atoms with E-state index in [2.05, 4.69) is 31.8 Å². The first-order valence-electron chi connectivity index (χ1n) is 8.92. The smallest absolute Gasteiger partial charge is 0.278 e. The number of hydrogen-bond donors (Lipinski definition) is 0. The van der Waals surface area contributed by atoms with Crippen LogP contribution in [0, 0.1) is 0 Å². The van der Waals surface area contributed by atoms with Crippen LogP contribution in [0.1, 0.15) is 61.1 Å². The van der Waals surface area contributed by atoms with Gasteiger partial charge in [-0.2, -0.15) is 0 Å². The summed E-state index contributed by atoms with van der Waals surface area (Å²) in [4.78, 5) is 19.7. The molecule has 1 amide bonds. The van der Waals surface area contributed by atoms with Crippen molar-refractivity contribution in [3.8, 4) is 5.75 Å². The van der Waals surface area contributed by atoms with Gasteiger partial charge in [0.25, 0.3) is 5.91 Å². The molecule has 0 bridgehead atoms. The second-order valence-electron chi connectivity index (χ2n) is 7.27. The Kier molecular flexibility index (Phi) is 5.34. The van der Waals surface area contributed by atoms with Crippen LogP contribution in [0.4, 0.5) is 5.69 Å². The lowest BCUT2D eigenvalue weighted by Crippen LogP contribution is -2.51. The third-order valence-electron chi connectivity index (χ3n) is 4.73. The number of amides is 1. The molecule has 6 heteroatoms. The first kappa shape index (κ1) is 18.9. The summed E-state index contributed by atoms with van der Waals surface area (Å²) in [6.45, 7) is 9.46. The van der Waals surface area contributed by atoms with Gasteiger partial charge in [-0.05, 0) is 56.9 Å². The maximum absolute atomic E-state index is 13.3. The number of anilines is 1. The molecule has 3 rings (SSSR count). The van der Waals surface area contributed by atoms with Crippen LogP contribution in [-0.4, -0.2) is 30.1 Å². The highest BCUT2D eigenvalue weighted by Gasteiger charge is 2.41. The molecule has 140 valence electrons. The highest BCUT2D eigenvalue weighted by atomic mass is 32.1. The summed E-state index contributed by atoms with van der Waals surface area (Å²) >= 11 is 1.45. The Morgan fingerprint density at radius 1 is 1.42 bits per heavy atom. The first-order chi connectivity index (χ1) is 12.4. The van der Waals surface area contributed by atoms with E-state index in [1.165, 1.54) is 11.3 Å². The molecule has 0 saturated carbocycles. The topological polar surface area (TPSA) is 51.7 Å². The van der Waals surface area contributed by atoms with E-state index in [0.29, 0.717) is 24.8 Å². The zero-order chi connectivity index (χ0) is 18.9. The number of ether oxygens (including phenoxy) is 2. The number of rotatable bonds is 5. The number of carbonyl (C=O) groups is 1. The summed E-state index contributed by atoms with van der Waals surface area (Å²) in [5, 5.41) is 2.63. The molecule has 5 nitrogen and oxygen atoms in total. The number of methoxy groups -OCH3 is 1. The van der Waals surface area contributed by atoms with Crippen molar-refractivity contribution in [2.75, 3.05) is 18.6 Å². The Hall–Kier alpha value is -1.92. The van der Waals surface area contributed by atoms with Gasteiger partial charge in [-0.25, -0.2) is 4.98 Å². The molecule has 0 saturated heterocycles. The minimum atomic E-state index is -0.290. The molecule has 0 aliphatic carbocycles. The summed E-state index contributed by atoms with van der Waals surface area (Å²) in [7, 11) is 1.63. The zero-order valence-electron chi connectivity index (χ0n) is 16.0. The average molecular weight is 375 g/mol. The zero-order valence-corrected chi connectivity index (χ0v) is 16.9. The van der Waals surface area contributed by atoms with Gasteiger partial charge in [0.05, 0.1) is 13.2 Å². The molecule has 1 aromatic carbocycles. The van der Waals surface area contributed by atoms with Gasteiger partial charge in [-0.3, -0.25) is 4.79 Å². The molecule has 2 aromatic rings. The Balaban J connectivity index is 2.01. The number of thiazole rings is 1. The Bertz CT molecular complexity index is 800. The van der Waals surface area contributed by atoms with Crippen molar-refractivity contribution < 1.29 is 14.3 Å². The predicted molar refractivity (Wildman–Crippen MR) is 104 cm³/mol. The van der Waals surface area contributed by atoms with Gasteiger partial charge >= 0.3 is 0 Å². The monoisotopic (exact) mass is 374 g/mol. The molecular formula is C20H26N2O3S. The third kappa shape index (κ3) is 3.48. The van der Waals surface area contributed by atoms with Gasteiger partial charge in [-0.1, -0.05) is 6.92 Å². The van der Waals surface area contributed by atoms with E-state index in [9.17, 15) is 4.79 Å². The van der Waals surface area contributed by atoms with Gasteiger partial charge in [0.1, 0.15) is 16.5 Å². The van der Waals surface area contributed by atoms with Crippen molar-refractivity contribution in [2.45, 2.75) is 52.2 Å². The molecule has 0 radical (unpaired) electrons. The minimum Gasteiger partial charge on any atom is -0.494 e. The fraction of sp³-hybridized carbons (Fsp3) is 0.500. The van der Waals surface area contributed by atoms with Crippen molar-refractivity contribution in [3.63, 3.8) is 0 Å². The van der Waals surface area contributed by atoms with Gasteiger partial charge in [0.15, 0.2) is 0 Å². The fourth-order valence-electron chi connectivity index (χ4n) is 3.76. The number of aromatic nitrogens is 1. The lowest BCUT2D eigenvalue weighted by atomic mass is 9.80. The summed E-state index contributed by atoms with van der Waals surface area (Å²) in [6.07, 6.45) is 0.885. The minimum absolute atomic E-state index is 0.0640. The Morgan fingerprint density at radius 2 is 2.19 bits per heavy atom. The maximum Gasteiger partial charge on any atom is 0.278 e. The Morgan fingerprint density at radius 3 is 2.88 bits per heavy atom. The first-order valence-corrected chi connectivity index (χ1v) is 9.80. The number of fused-ring (bicyclic) bond motifs is 1.